The molecule has 96 valence electrons. The summed E-state index contributed by atoms with van der Waals surface area (Å²) in [6.07, 6.45) is 0. The van der Waals surface area contributed by atoms with E-state index in [1.165, 1.54) is 11.3 Å². The first-order valence-corrected chi connectivity index (χ1v) is 6.53. The summed E-state index contributed by atoms with van der Waals surface area (Å²) in [5.74, 6) is -0.939. The summed E-state index contributed by atoms with van der Waals surface area (Å²) >= 11 is 1.51. The molecule has 1 heterocycles. The molecule has 0 aliphatic carbocycles. The van der Waals surface area contributed by atoms with Crippen molar-refractivity contribution < 1.29 is 9.90 Å². The van der Waals surface area contributed by atoms with E-state index in [-0.39, 0.29) is 5.56 Å². The van der Waals surface area contributed by atoms with Crippen LogP contribution in [0, 0.1) is 18.3 Å². The molecule has 0 fully saturated rings. The van der Waals surface area contributed by atoms with Crippen molar-refractivity contribution in [1.82, 2.24) is 0 Å². The monoisotopic (exact) mass is 272 g/mol. The lowest BCUT2D eigenvalue weighted by Gasteiger charge is -2.09. The molecule has 1 aromatic carbocycles. The summed E-state index contributed by atoms with van der Waals surface area (Å²) in [4.78, 5) is 12.0. The number of hydrogen-bond donors (Lipinski definition) is 2. The number of benzene rings is 1. The number of thiophene rings is 1. The van der Waals surface area contributed by atoms with E-state index in [1.807, 2.05) is 13.0 Å². The highest BCUT2D eigenvalue weighted by atomic mass is 32.1. The van der Waals surface area contributed by atoms with E-state index in [2.05, 4.69) is 11.4 Å². The zero-order valence-corrected chi connectivity index (χ0v) is 11.1. The van der Waals surface area contributed by atoms with Gasteiger partial charge in [-0.15, -0.1) is 11.3 Å². The predicted molar refractivity (Wildman–Crippen MR) is 74.5 cm³/mol. The first-order chi connectivity index (χ1) is 9.10. The van der Waals surface area contributed by atoms with Crippen LogP contribution in [0.25, 0.3) is 0 Å². The number of aryl methyl sites for hydroxylation is 1. The van der Waals surface area contributed by atoms with Gasteiger partial charge in [0.15, 0.2) is 0 Å². The van der Waals surface area contributed by atoms with Gasteiger partial charge in [-0.1, -0.05) is 6.07 Å². The Kier molecular flexibility index (Phi) is 3.83. The Morgan fingerprint density at radius 2 is 2.26 bits per heavy atom. The number of nitrogens with zero attached hydrogens (tertiary/aromatic N) is 1. The third-order valence-electron chi connectivity index (χ3n) is 2.72. The molecule has 2 aromatic rings. The molecule has 1 aromatic heterocycles. The predicted octanol–water partition coefficient (Wildman–Crippen LogP) is 3.24. The van der Waals surface area contributed by atoms with Gasteiger partial charge >= 0.3 is 5.97 Å². The van der Waals surface area contributed by atoms with Crippen LogP contribution in [-0.4, -0.2) is 11.1 Å². The molecule has 0 saturated heterocycles. The van der Waals surface area contributed by atoms with E-state index in [0.29, 0.717) is 12.1 Å². The smallest absolute Gasteiger partial charge is 0.335 e. The molecule has 2 rings (SSSR count). The molecule has 0 atom stereocenters. The molecule has 0 bridgehead atoms. The van der Waals surface area contributed by atoms with Crippen LogP contribution in [0.2, 0.25) is 0 Å². The molecule has 0 radical (unpaired) electrons. The minimum absolute atomic E-state index is 0.261. The quantitative estimate of drug-likeness (QED) is 0.896. The maximum atomic E-state index is 10.9. The molecule has 19 heavy (non-hydrogen) atoms. The van der Waals surface area contributed by atoms with Crippen LogP contribution >= 0.6 is 11.3 Å². The number of carboxylic acid groups (broad SMARTS) is 1. The summed E-state index contributed by atoms with van der Waals surface area (Å²) in [6, 6.07) is 8.90. The average Bonchev–Trinajstić information content (AvgIpc) is 2.85. The van der Waals surface area contributed by atoms with Gasteiger partial charge in [0.1, 0.15) is 6.07 Å². The molecular weight excluding hydrogens is 260 g/mol. The van der Waals surface area contributed by atoms with Gasteiger partial charge in [0, 0.05) is 22.5 Å². The van der Waals surface area contributed by atoms with Crippen LogP contribution in [0.15, 0.2) is 29.6 Å². The lowest BCUT2D eigenvalue weighted by molar-refractivity contribution is 0.0697. The van der Waals surface area contributed by atoms with Crippen molar-refractivity contribution in [2.45, 2.75) is 13.5 Å². The highest BCUT2D eigenvalue weighted by Gasteiger charge is 2.06. The van der Waals surface area contributed by atoms with Gasteiger partial charge in [0.25, 0.3) is 0 Å². The minimum Gasteiger partial charge on any atom is -0.478 e. The molecule has 2 N–H and O–H groups in total. The summed E-state index contributed by atoms with van der Waals surface area (Å²) in [5, 5.41) is 22.7. The first kappa shape index (κ1) is 13.1. The normalized spacial score (nSPS) is 9.89. The average molecular weight is 272 g/mol. The lowest BCUT2D eigenvalue weighted by atomic mass is 10.1. The second-order valence-corrected chi connectivity index (χ2v) is 5.10. The molecule has 0 unspecified atom stereocenters. The summed E-state index contributed by atoms with van der Waals surface area (Å²) in [5.41, 5.74) is 2.70. The fourth-order valence-electron chi connectivity index (χ4n) is 1.66. The minimum atomic E-state index is -0.939. The zero-order valence-electron chi connectivity index (χ0n) is 10.3. The van der Waals surface area contributed by atoms with Crippen molar-refractivity contribution >= 4 is 23.0 Å². The Hall–Kier alpha value is -2.32. The van der Waals surface area contributed by atoms with Crippen LogP contribution in [0.3, 0.4) is 0 Å². The van der Waals surface area contributed by atoms with E-state index in [1.54, 1.807) is 23.6 Å². The van der Waals surface area contributed by atoms with Crippen LogP contribution in [0.4, 0.5) is 5.69 Å². The van der Waals surface area contributed by atoms with Crippen molar-refractivity contribution in [2.24, 2.45) is 0 Å². The molecule has 0 aliphatic rings. The second kappa shape index (κ2) is 5.55. The van der Waals surface area contributed by atoms with Gasteiger partial charge in [-0.25, -0.2) is 4.79 Å². The van der Waals surface area contributed by atoms with E-state index in [4.69, 9.17) is 10.4 Å². The molecule has 0 aliphatic heterocycles. The topological polar surface area (TPSA) is 73.1 Å². The highest BCUT2D eigenvalue weighted by molar-refractivity contribution is 7.10. The number of aromatic carboxylic acids is 1. The van der Waals surface area contributed by atoms with Crippen LogP contribution < -0.4 is 5.32 Å². The zero-order chi connectivity index (χ0) is 13.8. The molecule has 4 nitrogen and oxygen atoms in total. The number of carboxylic acids is 1. The highest BCUT2D eigenvalue weighted by Crippen LogP contribution is 2.20. The van der Waals surface area contributed by atoms with Crippen molar-refractivity contribution in [3.05, 3.63) is 51.2 Å². The molecule has 0 amide bonds. The number of hydrogen-bond acceptors (Lipinski definition) is 4. The molecule has 5 heteroatoms. The Bertz CT molecular complexity index is 656. The Labute approximate surface area is 114 Å². The van der Waals surface area contributed by atoms with Gasteiger partial charge < -0.3 is 10.4 Å². The second-order valence-electron chi connectivity index (χ2n) is 4.10. The number of nitrogens with one attached hydrogen (secondary N) is 1. The van der Waals surface area contributed by atoms with E-state index < -0.39 is 5.97 Å². The standard InChI is InChI=1S/C14H12N2O2S/c1-9-2-3-11(14(17)18)5-13(9)16-7-12-4-10(6-15)8-19-12/h2-5,8,16H,7H2,1H3,(H,17,18). The van der Waals surface area contributed by atoms with Gasteiger partial charge in [-0.05, 0) is 30.7 Å². The maximum Gasteiger partial charge on any atom is 0.335 e. The van der Waals surface area contributed by atoms with Crippen molar-refractivity contribution in [3.8, 4) is 6.07 Å². The van der Waals surface area contributed by atoms with Crippen molar-refractivity contribution in [1.29, 1.82) is 5.26 Å². The fourth-order valence-corrected chi connectivity index (χ4v) is 2.41. The van der Waals surface area contributed by atoms with Gasteiger partial charge in [0.2, 0.25) is 0 Å². The fraction of sp³-hybridized carbons (Fsp3) is 0.143. The SMILES string of the molecule is Cc1ccc(C(=O)O)cc1NCc1cc(C#N)cs1. The Balaban J connectivity index is 2.12. The van der Waals surface area contributed by atoms with E-state index >= 15 is 0 Å². The third kappa shape index (κ3) is 3.12. The summed E-state index contributed by atoms with van der Waals surface area (Å²) < 4.78 is 0. The number of rotatable bonds is 4. The molecule has 0 spiro atoms. The third-order valence-corrected chi connectivity index (χ3v) is 3.66. The number of nitriles is 1. The van der Waals surface area contributed by atoms with E-state index in [0.717, 1.165) is 16.1 Å². The first-order valence-electron chi connectivity index (χ1n) is 5.65. The van der Waals surface area contributed by atoms with Crippen LogP contribution in [0.5, 0.6) is 0 Å². The number of carbonyl (C=O) groups is 1. The van der Waals surface area contributed by atoms with Crippen LogP contribution in [0.1, 0.15) is 26.4 Å². The van der Waals surface area contributed by atoms with Crippen molar-refractivity contribution in [2.75, 3.05) is 5.32 Å². The van der Waals surface area contributed by atoms with Gasteiger partial charge in [-0.3, -0.25) is 0 Å². The largest absolute Gasteiger partial charge is 0.478 e. The molecule has 0 saturated carbocycles. The number of anilines is 1. The Morgan fingerprint density at radius 3 is 2.89 bits per heavy atom. The van der Waals surface area contributed by atoms with Crippen LogP contribution in [-0.2, 0) is 6.54 Å². The van der Waals surface area contributed by atoms with Gasteiger partial charge in [-0.2, -0.15) is 5.26 Å². The Morgan fingerprint density at radius 1 is 1.47 bits per heavy atom. The van der Waals surface area contributed by atoms with E-state index in [9.17, 15) is 4.79 Å². The maximum absolute atomic E-state index is 10.9. The summed E-state index contributed by atoms with van der Waals surface area (Å²) in [6.45, 7) is 2.50. The lowest BCUT2D eigenvalue weighted by Crippen LogP contribution is -2.03. The van der Waals surface area contributed by atoms with Crippen molar-refractivity contribution in [3.63, 3.8) is 0 Å². The summed E-state index contributed by atoms with van der Waals surface area (Å²) in [7, 11) is 0. The molecular formula is C14H12N2O2S. The van der Waals surface area contributed by atoms with Gasteiger partial charge in [0.05, 0.1) is 11.1 Å².